The molecule has 0 spiro atoms. The van der Waals surface area contributed by atoms with Crippen molar-refractivity contribution in [1.82, 2.24) is 14.5 Å². The normalized spacial score (nSPS) is 16.9. The number of halogens is 3. The van der Waals surface area contributed by atoms with Crippen LogP contribution in [0.4, 0.5) is 19.0 Å². The second kappa shape index (κ2) is 5.98. The molecule has 132 valence electrons. The largest absolute Gasteiger partial charge is 0.416 e. The van der Waals surface area contributed by atoms with Crippen LogP contribution in [0.5, 0.6) is 0 Å². The molecule has 0 fully saturated rings. The number of benzene rings is 1. The molecule has 1 amide bonds. The van der Waals surface area contributed by atoms with Crippen molar-refractivity contribution >= 4 is 11.7 Å². The first-order valence-corrected chi connectivity index (χ1v) is 7.89. The van der Waals surface area contributed by atoms with Crippen LogP contribution in [0.2, 0.25) is 0 Å². The van der Waals surface area contributed by atoms with Gasteiger partial charge in [-0.1, -0.05) is 18.2 Å². The number of amides is 1. The molecule has 4 rings (SSSR count). The number of fused-ring (bicyclic) bond motifs is 1. The molecule has 2 aromatic heterocycles. The number of hydrogen-bond donors (Lipinski definition) is 1. The molecule has 3 heterocycles. The molecule has 1 atom stereocenters. The lowest BCUT2D eigenvalue weighted by molar-refractivity contribution is -0.138. The van der Waals surface area contributed by atoms with Gasteiger partial charge in [-0.15, -0.1) is 0 Å². The zero-order chi connectivity index (χ0) is 18.3. The monoisotopic (exact) mass is 358 g/mol. The van der Waals surface area contributed by atoms with Crippen LogP contribution < -0.4 is 5.32 Å². The van der Waals surface area contributed by atoms with E-state index in [0.717, 1.165) is 6.07 Å². The minimum absolute atomic E-state index is 0.0486. The van der Waals surface area contributed by atoms with E-state index >= 15 is 0 Å². The highest BCUT2D eigenvalue weighted by Crippen LogP contribution is 2.42. The van der Waals surface area contributed by atoms with E-state index in [1.807, 2.05) is 0 Å². The first-order chi connectivity index (χ1) is 12.4. The molecule has 1 N–H and O–H groups in total. The Balaban J connectivity index is 1.86. The van der Waals surface area contributed by atoms with Crippen molar-refractivity contribution < 1.29 is 18.0 Å². The van der Waals surface area contributed by atoms with Crippen molar-refractivity contribution in [2.24, 2.45) is 0 Å². The molecule has 0 unspecified atom stereocenters. The van der Waals surface area contributed by atoms with Crippen LogP contribution in [0.15, 0.2) is 55.1 Å². The van der Waals surface area contributed by atoms with Crippen LogP contribution in [0.25, 0.3) is 5.69 Å². The van der Waals surface area contributed by atoms with Crippen molar-refractivity contribution in [3.8, 4) is 5.69 Å². The lowest BCUT2D eigenvalue weighted by Gasteiger charge is -2.25. The Bertz CT molecular complexity index is 966. The van der Waals surface area contributed by atoms with Crippen molar-refractivity contribution in [3.63, 3.8) is 0 Å². The highest BCUT2D eigenvalue weighted by molar-refractivity contribution is 5.94. The average Bonchev–Trinajstić information content (AvgIpc) is 3.05. The van der Waals surface area contributed by atoms with Gasteiger partial charge in [0.1, 0.15) is 12.1 Å². The van der Waals surface area contributed by atoms with E-state index in [4.69, 9.17) is 0 Å². The molecular formula is C18H13F3N4O. The zero-order valence-corrected chi connectivity index (χ0v) is 13.4. The molecule has 26 heavy (non-hydrogen) atoms. The van der Waals surface area contributed by atoms with Crippen LogP contribution in [-0.4, -0.2) is 20.4 Å². The SMILES string of the molecule is O=C1C[C@H](c2ccccc2C(F)(F)F)c2ncn(-c3cccnc3)c2N1. The first kappa shape index (κ1) is 16.3. The number of nitrogens with one attached hydrogen (secondary N) is 1. The Kier molecular flexibility index (Phi) is 3.75. The molecule has 0 aliphatic carbocycles. The summed E-state index contributed by atoms with van der Waals surface area (Å²) in [7, 11) is 0. The Hall–Kier alpha value is -3.16. The average molecular weight is 358 g/mol. The summed E-state index contributed by atoms with van der Waals surface area (Å²) in [6.07, 6.45) is 0.0758. The quantitative estimate of drug-likeness (QED) is 0.759. The van der Waals surface area contributed by atoms with Crippen LogP contribution in [-0.2, 0) is 11.0 Å². The lowest BCUT2D eigenvalue weighted by Crippen LogP contribution is -2.26. The number of aromatic nitrogens is 3. The molecule has 0 radical (unpaired) electrons. The Labute approximate surface area is 146 Å². The summed E-state index contributed by atoms with van der Waals surface area (Å²) in [5.74, 6) is -0.754. The second-order valence-corrected chi connectivity index (χ2v) is 5.95. The van der Waals surface area contributed by atoms with E-state index in [1.54, 1.807) is 29.1 Å². The number of anilines is 1. The highest BCUT2D eigenvalue weighted by Gasteiger charge is 2.39. The number of carbonyl (C=O) groups is 1. The fourth-order valence-electron chi connectivity index (χ4n) is 3.21. The van der Waals surface area contributed by atoms with Gasteiger partial charge in [0.2, 0.25) is 5.91 Å². The summed E-state index contributed by atoms with van der Waals surface area (Å²) in [5, 5.41) is 2.72. The molecule has 1 aliphatic heterocycles. The summed E-state index contributed by atoms with van der Waals surface area (Å²) in [4.78, 5) is 20.5. The van der Waals surface area contributed by atoms with Gasteiger partial charge in [-0.05, 0) is 23.8 Å². The van der Waals surface area contributed by atoms with Crippen molar-refractivity contribution in [3.05, 3.63) is 71.9 Å². The number of rotatable bonds is 2. The number of pyridine rings is 1. The molecular weight excluding hydrogens is 345 g/mol. The number of alkyl halides is 3. The number of imidazole rings is 1. The maximum absolute atomic E-state index is 13.4. The standard InChI is InChI=1S/C18H13F3N4O/c19-18(20,21)14-6-2-1-5-12(14)13-8-15(26)24-17-16(13)23-10-25(17)11-4-3-7-22-9-11/h1-7,9-10,13H,8H2,(H,24,26)/t13-/m1/s1. The minimum atomic E-state index is -4.50. The van der Waals surface area contributed by atoms with Gasteiger partial charge in [0.25, 0.3) is 0 Å². The van der Waals surface area contributed by atoms with Crippen molar-refractivity contribution in [2.75, 3.05) is 5.32 Å². The number of hydrogen-bond acceptors (Lipinski definition) is 3. The van der Waals surface area contributed by atoms with Crippen molar-refractivity contribution in [1.29, 1.82) is 0 Å². The third-order valence-electron chi connectivity index (χ3n) is 4.34. The Morgan fingerprint density at radius 3 is 2.69 bits per heavy atom. The van der Waals surface area contributed by atoms with Gasteiger partial charge in [0.15, 0.2) is 0 Å². The summed E-state index contributed by atoms with van der Waals surface area (Å²) < 4.78 is 41.9. The van der Waals surface area contributed by atoms with Crippen LogP contribution >= 0.6 is 0 Å². The summed E-state index contributed by atoms with van der Waals surface area (Å²) >= 11 is 0. The van der Waals surface area contributed by atoms with Crippen molar-refractivity contribution in [2.45, 2.75) is 18.5 Å². The summed E-state index contributed by atoms with van der Waals surface area (Å²) in [6.45, 7) is 0. The van der Waals surface area contributed by atoms with Gasteiger partial charge in [-0.3, -0.25) is 14.3 Å². The van der Waals surface area contributed by atoms with Crippen LogP contribution in [0.1, 0.15) is 29.2 Å². The van der Waals surface area contributed by atoms with Gasteiger partial charge in [0, 0.05) is 18.5 Å². The maximum Gasteiger partial charge on any atom is 0.416 e. The molecule has 0 saturated carbocycles. The molecule has 0 saturated heterocycles. The molecule has 5 nitrogen and oxygen atoms in total. The van der Waals surface area contributed by atoms with Crippen LogP contribution in [0, 0.1) is 0 Å². The second-order valence-electron chi connectivity index (χ2n) is 5.95. The fraction of sp³-hybridized carbons (Fsp3) is 0.167. The number of carbonyl (C=O) groups excluding carboxylic acids is 1. The van der Waals surface area contributed by atoms with Gasteiger partial charge < -0.3 is 5.32 Å². The van der Waals surface area contributed by atoms with E-state index < -0.39 is 17.7 Å². The first-order valence-electron chi connectivity index (χ1n) is 7.89. The van der Waals surface area contributed by atoms with E-state index in [-0.39, 0.29) is 17.9 Å². The van der Waals surface area contributed by atoms with E-state index in [1.165, 1.54) is 24.5 Å². The van der Waals surface area contributed by atoms with Gasteiger partial charge in [-0.25, -0.2) is 4.98 Å². The topological polar surface area (TPSA) is 59.8 Å². The summed E-state index contributed by atoms with van der Waals surface area (Å²) in [5.41, 5.74) is 0.366. The van der Waals surface area contributed by atoms with Gasteiger partial charge >= 0.3 is 6.18 Å². The molecule has 1 aromatic carbocycles. The van der Waals surface area contributed by atoms with Gasteiger partial charge in [-0.2, -0.15) is 13.2 Å². The van der Waals surface area contributed by atoms with E-state index in [2.05, 4.69) is 15.3 Å². The predicted molar refractivity (Wildman–Crippen MR) is 87.9 cm³/mol. The third-order valence-corrected chi connectivity index (χ3v) is 4.34. The predicted octanol–water partition coefficient (Wildman–Crippen LogP) is 3.76. The lowest BCUT2D eigenvalue weighted by atomic mass is 9.86. The fourth-order valence-corrected chi connectivity index (χ4v) is 3.21. The molecule has 1 aliphatic rings. The third kappa shape index (κ3) is 2.73. The van der Waals surface area contributed by atoms with Crippen LogP contribution in [0.3, 0.4) is 0 Å². The molecule has 0 bridgehead atoms. The molecule has 3 aromatic rings. The smallest absolute Gasteiger partial charge is 0.310 e. The van der Waals surface area contributed by atoms with E-state index in [0.29, 0.717) is 17.2 Å². The highest BCUT2D eigenvalue weighted by atomic mass is 19.4. The maximum atomic E-state index is 13.4. The number of nitrogens with zero attached hydrogens (tertiary/aromatic N) is 3. The van der Waals surface area contributed by atoms with E-state index in [9.17, 15) is 18.0 Å². The minimum Gasteiger partial charge on any atom is -0.310 e. The molecule has 8 heteroatoms. The van der Waals surface area contributed by atoms with Gasteiger partial charge in [0.05, 0.1) is 23.1 Å². The summed E-state index contributed by atoms with van der Waals surface area (Å²) in [6, 6.07) is 8.80. The Morgan fingerprint density at radius 2 is 1.96 bits per heavy atom. The zero-order valence-electron chi connectivity index (χ0n) is 13.4. The Morgan fingerprint density at radius 1 is 1.15 bits per heavy atom.